The second kappa shape index (κ2) is 8.42. The van der Waals surface area contributed by atoms with Gasteiger partial charge in [-0.2, -0.15) is 0 Å². The van der Waals surface area contributed by atoms with Crippen LogP contribution in [0, 0.1) is 5.82 Å². The fourth-order valence-corrected chi connectivity index (χ4v) is 3.75. The van der Waals surface area contributed by atoms with E-state index in [-0.39, 0.29) is 17.8 Å². The van der Waals surface area contributed by atoms with Crippen molar-refractivity contribution in [1.29, 1.82) is 0 Å². The molecule has 1 N–H and O–H groups in total. The molecule has 4 heterocycles. The highest BCUT2D eigenvalue weighted by atomic mass is 19.1. The molecule has 4 rings (SSSR count). The number of rotatable bonds is 4. The molecule has 2 aromatic rings. The molecule has 0 aliphatic carbocycles. The van der Waals surface area contributed by atoms with Gasteiger partial charge >= 0.3 is 0 Å². The zero-order chi connectivity index (χ0) is 21.1. The van der Waals surface area contributed by atoms with E-state index in [1.54, 1.807) is 15.8 Å². The number of nitrogens with one attached hydrogen (secondary N) is 1. The number of likely N-dealkylation sites (tertiary alicyclic amines) is 1. The lowest BCUT2D eigenvalue weighted by atomic mass is 9.89. The molecule has 10 nitrogen and oxygen atoms in total. The van der Waals surface area contributed by atoms with Gasteiger partial charge in [0.25, 0.3) is 11.8 Å². The molecule has 11 heteroatoms. The maximum Gasteiger partial charge on any atom is 0.289 e. The van der Waals surface area contributed by atoms with Crippen LogP contribution in [0.25, 0.3) is 0 Å². The maximum atomic E-state index is 12.9. The summed E-state index contributed by atoms with van der Waals surface area (Å²) in [6.45, 7) is 4.24. The molecule has 0 atom stereocenters. The van der Waals surface area contributed by atoms with Crippen molar-refractivity contribution in [2.75, 3.05) is 26.3 Å². The molecule has 0 aromatic carbocycles. The van der Waals surface area contributed by atoms with Crippen LogP contribution < -0.4 is 5.32 Å². The van der Waals surface area contributed by atoms with Gasteiger partial charge < -0.3 is 15.0 Å². The lowest BCUT2D eigenvalue weighted by Crippen LogP contribution is -2.54. The summed E-state index contributed by atoms with van der Waals surface area (Å²) in [5, 5.41) is 11.1. The van der Waals surface area contributed by atoms with Gasteiger partial charge in [0.2, 0.25) is 5.82 Å². The van der Waals surface area contributed by atoms with E-state index in [1.165, 1.54) is 0 Å². The molecule has 2 saturated heterocycles. The fourth-order valence-electron chi connectivity index (χ4n) is 3.75. The summed E-state index contributed by atoms with van der Waals surface area (Å²) < 4.78 is 20.1. The van der Waals surface area contributed by atoms with Crippen LogP contribution in [0.3, 0.4) is 0 Å². The van der Waals surface area contributed by atoms with Crippen molar-refractivity contribution in [2.24, 2.45) is 0 Å². The normalized spacial score (nSPS) is 19.5. The number of hydrogen-bond donors (Lipinski definition) is 1. The number of amides is 2. The number of aromatic nitrogens is 5. The standard InChI is InChI=1S/C19H24FN7O3/c1-19(23-17(28)16-21-10-13(20)11-22-16)4-6-26(7-5-19)18(29)15-12-27(25-24-15)14-2-8-30-9-3-14/h10-12,14H,2-9H2,1H3,(H,23,28). The maximum absolute atomic E-state index is 12.9. The Balaban J connectivity index is 1.33. The minimum absolute atomic E-state index is 0.0825. The van der Waals surface area contributed by atoms with Crippen molar-refractivity contribution in [2.45, 2.75) is 44.2 Å². The van der Waals surface area contributed by atoms with Crippen molar-refractivity contribution in [3.05, 3.63) is 35.9 Å². The number of carbonyl (C=O) groups excluding carboxylic acids is 2. The quantitative estimate of drug-likeness (QED) is 0.789. The monoisotopic (exact) mass is 417 g/mol. The summed E-state index contributed by atoms with van der Waals surface area (Å²) in [5.41, 5.74) is -0.181. The number of halogens is 1. The Hall–Kier alpha value is -2.95. The molecule has 0 bridgehead atoms. The zero-order valence-electron chi connectivity index (χ0n) is 16.8. The average Bonchev–Trinajstić information content (AvgIpc) is 3.25. The first-order chi connectivity index (χ1) is 14.4. The number of nitrogens with zero attached hydrogens (tertiary/aromatic N) is 6. The molecular weight excluding hydrogens is 393 g/mol. The molecule has 0 spiro atoms. The van der Waals surface area contributed by atoms with Crippen LogP contribution >= 0.6 is 0 Å². The lowest BCUT2D eigenvalue weighted by Gasteiger charge is -2.39. The predicted octanol–water partition coefficient (Wildman–Crippen LogP) is 0.983. The van der Waals surface area contributed by atoms with E-state index < -0.39 is 17.3 Å². The predicted molar refractivity (Wildman–Crippen MR) is 102 cm³/mol. The first-order valence-electron chi connectivity index (χ1n) is 10.0. The SMILES string of the molecule is CC1(NC(=O)c2ncc(F)cn2)CCN(C(=O)c2cn(C3CCOCC3)nn2)CC1. The van der Waals surface area contributed by atoms with Gasteiger partial charge in [0.05, 0.1) is 24.6 Å². The van der Waals surface area contributed by atoms with Gasteiger partial charge in [-0.15, -0.1) is 5.10 Å². The largest absolute Gasteiger partial charge is 0.381 e. The summed E-state index contributed by atoms with van der Waals surface area (Å²) in [4.78, 5) is 34.3. The van der Waals surface area contributed by atoms with Crippen molar-refractivity contribution in [3.63, 3.8) is 0 Å². The molecular formula is C19H24FN7O3. The van der Waals surface area contributed by atoms with Gasteiger partial charge in [-0.05, 0) is 32.6 Å². The highest BCUT2D eigenvalue weighted by Crippen LogP contribution is 2.24. The third-order valence-corrected chi connectivity index (χ3v) is 5.69. The van der Waals surface area contributed by atoms with Gasteiger partial charge in [0.1, 0.15) is 0 Å². The molecule has 0 saturated carbocycles. The van der Waals surface area contributed by atoms with Gasteiger partial charge in [-0.25, -0.2) is 19.0 Å². The van der Waals surface area contributed by atoms with Crippen LogP contribution in [0.1, 0.15) is 59.8 Å². The summed E-state index contributed by atoms with van der Waals surface area (Å²) in [6.07, 6.45) is 6.48. The molecule has 0 radical (unpaired) electrons. The van der Waals surface area contributed by atoms with Crippen LogP contribution in [0.15, 0.2) is 18.6 Å². The van der Waals surface area contributed by atoms with Crippen LogP contribution in [0.4, 0.5) is 4.39 Å². The third kappa shape index (κ3) is 4.45. The molecule has 2 amide bonds. The Labute approximate surface area is 172 Å². The van der Waals surface area contributed by atoms with Crippen LogP contribution in [-0.2, 0) is 4.74 Å². The van der Waals surface area contributed by atoms with E-state index in [2.05, 4.69) is 25.6 Å². The van der Waals surface area contributed by atoms with Crippen LogP contribution in [0.5, 0.6) is 0 Å². The van der Waals surface area contributed by atoms with Gasteiger partial charge in [0, 0.05) is 31.8 Å². The van der Waals surface area contributed by atoms with E-state index in [9.17, 15) is 14.0 Å². The summed E-state index contributed by atoms with van der Waals surface area (Å²) in [6, 6.07) is 0.210. The van der Waals surface area contributed by atoms with E-state index in [0.717, 1.165) is 25.2 Å². The number of piperidine rings is 1. The Morgan fingerprint density at radius 1 is 1.20 bits per heavy atom. The van der Waals surface area contributed by atoms with E-state index >= 15 is 0 Å². The Morgan fingerprint density at radius 3 is 2.53 bits per heavy atom. The summed E-state index contributed by atoms with van der Waals surface area (Å²) >= 11 is 0. The number of carbonyl (C=O) groups is 2. The minimum atomic E-state index is -0.599. The summed E-state index contributed by atoms with van der Waals surface area (Å²) in [7, 11) is 0. The Bertz CT molecular complexity index is 903. The van der Waals surface area contributed by atoms with Gasteiger partial charge in [0.15, 0.2) is 11.5 Å². The molecule has 30 heavy (non-hydrogen) atoms. The number of ether oxygens (including phenoxy) is 1. The van der Waals surface area contributed by atoms with Crippen molar-refractivity contribution in [1.82, 2.24) is 35.2 Å². The first-order valence-corrected chi connectivity index (χ1v) is 10.0. The molecule has 160 valence electrons. The molecule has 0 unspecified atom stereocenters. The first kappa shape index (κ1) is 20.3. The highest BCUT2D eigenvalue weighted by Gasteiger charge is 2.35. The molecule has 2 fully saturated rings. The van der Waals surface area contributed by atoms with Crippen molar-refractivity contribution < 1.29 is 18.7 Å². The van der Waals surface area contributed by atoms with Crippen molar-refractivity contribution >= 4 is 11.8 Å². The molecule has 2 aliphatic heterocycles. The Morgan fingerprint density at radius 2 is 1.87 bits per heavy atom. The van der Waals surface area contributed by atoms with E-state index in [0.29, 0.717) is 44.8 Å². The smallest absolute Gasteiger partial charge is 0.289 e. The van der Waals surface area contributed by atoms with E-state index in [1.807, 2.05) is 6.92 Å². The zero-order valence-corrected chi connectivity index (χ0v) is 16.8. The highest BCUT2D eigenvalue weighted by molar-refractivity contribution is 5.92. The van der Waals surface area contributed by atoms with Gasteiger partial charge in [-0.3, -0.25) is 9.59 Å². The second-order valence-corrected chi connectivity index (χ2v) is 7.96. The Kier molecular flexibility index (Phi) is 5.71. The average molecular weight is 417 g/mol. The van der Waals surface area contributed by atoms with Gasteiger partial charge in [-0.1, -0.05) is 5.21 Å². The fraction of sp³-hybridized carbons (Fsp3) is 0.579. The van der Waals surface area contributed by atoms with E-state index in [4.69, 9.17) is 4.74 Å². The number of hydrogen-bond acceptors (Lipinski definition) is 7. The van der Waals surface area contributed by atoms with Crippen LogP contribution in [-0.4, -0.2) is 73.5 Å². The second-order valence-electron chi connectivity index (χ2n) is 7.96. The minimum Gasteiger partial charge on any atom is -0.381 e. The summed E-state index contributed by atoms with van der Waals surface area (Å²) in [5.74, 6) is -1.31. The van der Waals surface area contributed by atoms with Crippen molar-refractivity contribution in [3.8, 4) is 0 Å². The molecule has 2 aliphatic rings. The lowest BCUT2D eigenvalue weighted by molar-refractivity contribution is 0.0630. The molecule has 2 aromatic heterocycles. The third-order valence-electron chi connectivity index (χ3n) is 5.69. The topological polar surface area (TPSA) is 115 Å². The van der Waals surface area contributed by atoms with Crippen LogP contribution in [0.2, 0.25) is 0 Å².